The van der Waals surface area contributed by atoms with Gasteiger partial charge in [0.15, 0.2) is 5.78 Å². The third-order valence-corrected chi connectivity index (χ3v) is 12.8. The number of piperidine rings is 1. The number of nitrogens with one attached hydrogen (secondary N) is 3. The molecule has 0 bridgehead atoms. The average Bonchev–Trinajstić information content (AvgIpc) is 4.00. The molecule has 0 aromatic carbocycles. The van der Waals surface area contributed by atoms with Crippen LogP contribution in [0.15, 0.2) is 0 Å². The minimum Gasteiger partial charge on any atom is -0.363 e. The fourth-order valence-electron chi connectivity index (χ4n) is 9.33. The number of nitrogens with zero attached hydrogens (tertiary/aromatic N) is 1. The topological polar surface area (TPSA) is 168 Å². The number of hydrogen-bond donors (Lipinski definition) is 4. The van der Waals surface area contributed by atoms with Crippen molar-refractivity contribution in [2.24, 2.45) is 46.2 Å². The molecule has 6 aliphatic rings. The Morgan fingerprint density at radius 1 is 0.809 bits per heavy atom. The second-order valence-corrected chi connectivity index (χ2v) is 16.7. The molecule has 1 unspecified atom stereocenters. The molecule has 5 aliphatic carbocycles. The number of carbonyl (C=O) groups excluding carboxylic acids is 6. The number of urea groups is 1. The molecule has 11 nitrogen and oxygen atoms in total. The van der Waals surface area contributed by atoms with E-state index in [-0.39, 0.29) is 46.7 Å². The maximum Gasteiger partial charge on any atom is 0.316 e. The van der Waals surface area contributed by atoms with Crippen LogP contribution in [0.1, 0.15) is 117 Å². The monoisotopic (exact) mass is 653 g/mol. The van der Waals surface area contributed by atoms with E-state index in [9.17, 15) is 28.8 Å². The number of amides is 5. The van der Waals surface area contributed by atoms with Crippen molar-refractivity contribution >= 4 is 35.3 Å². The summed E-state index contributed by atoms with van der Waals surface area (Å²) < 4.78 is 0. The molecule has 6 rings (SSSR count). The Hall–Kier alpha value is -2.98. The zero-order valence-corrected chi connectivity index (χ0v) is 28.5. The van der Waals surface area contributed by atoms with E-state index in [0.29, 0.717) is 13.0 Å². The average molecular weight is 654 g/mol. The lowest BCUT2D eigenvalue weighted by molar-refractivity contribution is -0.145. The van der Waals surface area contributed by atoms with Crippen molar-refractivity contribution in [2.75, 3.05) is 6.54 Å². The molecule has 6 fully saturated rings. The van der Waals surface area contributed by atoms with Crippen molar-refractivity contribution in [2.45, 2.75) is 141 Å². The highest BCUT2D eigenvalue weighted by molar-refractivity contribution is 6.37. The van der Waals surface area contributed by atoms with Crippen LogP contribution in [0.25, 0.3) is 0 Å². The molecule has 5 N–H and O–H groups in total. The number of hydrogen-bond acceptors (Lipinski definition) is 6. The van der Waals surface area contributed by atoms with Crippen LogP contribution >= 0.6 is 0 Å². The molecular formula is C36H55N5O6. The van der Waals surface area contributed by atoms with Crippen molar-refractivity contribution in [3.63, 3.8) is 0 Å². The van der Waals surface area contributed by atoms with Crippen LogP contribution in [0, 0.1) is 40.4 Å². The summed E-state index contributed by atoms with van der Waals surface area (Å²) in [5.41, 5.74) is 4.67. The van der Waals surface area contributed by atoms with Crippen molar-refractivity contribution < 1.29 is 28.8 Å². The van der Waals surface area contributed by atoms with Gasteiger partial charge in [-0.15, -0.1) is 0 Å². The second kappa shape index (κ2) is 13.1. The quantitative estimate of drug-likeness (QED) is 0.222. The first-order valence-electron chi connectivity index (χ1n) is 18.4. The number of carbonyl (C=O) groups is 6. The molecule has 47 heavy (non-hydrogen) atoms. The summed E-state index contributed by atoms with van der Waals surface area (Å²) in [6.07, 6.45) is 13.5. The Labute approximate surface area is 278 Å². The van der Waals surface area contributed by atoms with Gasteiger partial charge in [-0.1, -0.05) is 72.1 Å². The molecule has 0 aromatic heterocycles. The maximum atomic E-state index is 14.7. The van der Waals surface area contributed by atoms with Gasteiger partial charge < -0.3 is 26.6 Å². The summed E-state index contributed by atoms with van der Waals surface area (Å²) in [7, 11) is 0. The molecule has 5 saturated carbocycles. The normalized spacial score (nSPS) is 29.9. The van der Waals surface area contributed by atoms with Crippen LogP contribution in [0.3, 0.4) is 0 Å². The number of likely N-dealkylation sites (tertiary alicyclic amines) is 1. The molecule has 1 heterocycles. The molecule has 5 amide bonds. The fourth-order valence-corrected chi connectivity index (χ4v) is 9.33. The Morgan fingerprint density at radius 2 is 1.45 bits per heavy atom. The van der Waals surface area contributed by atoms with E-state index in [1.807, 2.05) is 0 Å². The zero-order chi connectivity index (χ0) is 33.7. The molecule has 1 aliphatic heterocycles. The van der Waals surface area contributed by atoms with Crippen LogP contribution in [0.4, 0.5) is 4.79 Å². The van der Waals surface area contributed by atoms with E-state index in [1.54, 1.807) is 4.90 Å². The Kier molecular flexibility index (Phi) is 9.48. The molecule has 6 atom stereocenters. The fraction of sp³-hybridized carbons (Fsp3) is 0.833. The highest BCUT2D eigenvalue weighted by Gasteiger charge is 2.70. The summed E-state index contributed by atoms with van der Waals surface area (Å²) in [6.45, 7) is 6.62. The van der Waals surface area contributed by atoms with Gasteiger partial charge in [0.1, 0.15) is 12.1 Å². The highest BCUT2D eigenvalue weighted by atomic mass is 16.2. The van der Waals surface area contributed by atoms with E-state index >= 15 is 0 Å². The highest BCUT2D eigenvalue weighted by Crippen LogP contribution is 2.65. The van der Waals surface area contributed by atoms with Gasteiger partial charge in [-0.3, -0.25) is 24.0 Å². The first-order valence-corrected chi connectivity index (χ1v) is 18.4. The number of fused-ring (bicyclic) bond motifs is 1. The molecule has 0 radical (unpaired) electrons. The van der Waals surface area contributed by atoms with Gasteiger partial charge in [-0.25, -0.2) is 4.79 Å². The molecule has 11 heteroatoms. The lowest BCUT2D eigenvalue weighted by Crippen LogP contribution is -2.63. The third-order valence-electron chi connectivity index (χ3n) is 12.8. The van der Waals surface area contributed by atoms with E-state index in [0.717, 1.165) is 89.9 Å². The van der Waals surface area contributed by atoms with Gasteiger partial charge in [0, 0.05) is 12.5 Å². The van der Waals surface area contributed by atoms with Crippen LogP contribution in [-0.2, 0) is 24.0 Å². The second-order valence-electron chi connectivity index (χ2n) is 16.7. The van der Waals surface area contributed by atoms with Crippen LogP contribution < -0.4 is 21.7 Å². The van der Waals surface area contributed by atoms with E-state index < -0.39 is 53.2 Å². The summed E-state index contributed by atoms with van der Waals surface area (Å²) >= 11 is 0. The van der Waals surface area contributed by atoms with E-state index in [2.05, 4.69) is 36.7 Å². The van der Waals surface area contributed by atoms with Crippen LogP contribution in [0.2, 0.25) is 0 Å². The van der Waals surface area contributed by atoms with Crippen molar-refractivity contribution in [3.05, 3.63) is 0 Å². The summed E-state index contributed by atoms with van der Waals surface area (Å²) in [4.78, 5) is 82.2. The lowest BCUT2D eigenvalue weighted by atomic mass is 9.70. The number of rotatable bonds is 13. The lowest BCUT2D eigenvalue weighted by Gasteiger charge is -2.43. The molecule has 0 spiro atoms. The number of ketones is 2. The number of nitrogens with two attached hydrogens (primary N) is 1. The van der Waals surface area contributed by atoms with Crippen LogP contribution in [-0.4, -0.2) is 70.9 Å². The minimum absolute atomic E-state index is 0.0136. The van der Waals surface area contributed by atoms with Gasteiger partial charge in [0.05, 0.1) is 12.1 Å². The maximum absolute atomic E-state index is 14.7. The number of Topliss-reactive ketones (excluding diaryl/α,β-unsaturated/α-hetero) is 2. The molecule has 260 valence electrons. The predicted octanol–water partition coefficient (Wildman–Crippen LogP) is 3.37. The third kappa shape index (κ3) is 7.09. The summed E-state index contributed by atoms with van der Waals surface area (Å²) in [6, 6.07) is -3.77. The molecular weight excluding hydrogens is 598 g/mol. The van der Waals surface area contributed by atoms with Crippen molar-refractivity contribution in [3.8, 4) is 0 Å². The van der Waals surface area contributed by atoms with E-state index in [4.69, 9.17) is 5.73 Å². The molecule has 0 aromatic rings. The largest absolute Gasteiger partial charge is 0.363 e. The van der Waals surface area contributed by atoms with Crippen molar-refractivity contribution in [1.29, 1.82) is 0 Å². The van der Waals surface area contributed by atoms with E-state index in [1.165, 1.54) is 0 Å². The zero-order valence-electron chi connectivity index (χ0n) is 28.5. The summed E-state index contributed by atoms with van der Waals surface area (Å²) in [5, 5.41) is 8.94. The Morgan fingerprint density at radius 3 is 2.04 bits per heavy atom. The minimum atomic E-state index is -1.08. The van der Waals surface area contributed by atoms with Crippen molar-refractivity contribution in [1.82, 2.24) is 20.9 Å². The SMILES string of the molecule is CC1([C@H](NC(=O)N[C@H](C(=O)C2CC2)C2CCCCC2)C(=O)N2C[C@H]3[C@@H]([C@H]2C(=O)NC(CC2CC2)C(=O)C(N)=O)C3(C)C)CCCCC1. The first kappa shape index (κ1) is 33.9. The smallest absolute Gasteiger partial charge is 0.316 e. The standard InChI is InChI=1S/C36H55N5O6/c1-35(2)23-19-41(27(25(23)35)32(45)38-24(18-20-12-13-20)29(43)31(37)44)33(46)30(36(3)16-8-5-9-17-36)40-34(47)39-26(28(42)22-14-15-22)21-10-6-4-7-11-21/h20-27,30H,4-19H2,1-3H3,(H2,37,44)(H,38,45)(H2,39,40,47)/t23-,24?,25-,26-,27-,30+/m0/s1. The van der Waals surface area contributed by atoms with Gasteiger partial charge in [0.25, 0.3) is 5.91 Å². The number of primary amides is 1. The van der Waals surface area contributed by atoms with Gasteiger partial charge in [-0.05, 0) is 79.4 Å². The first-order chi connectivity index (χ1) is 22.3. The summed E-state index contributed by atoms with van der Waals surface area (Å²) in [5.74, 6) is -2.13. The Bertz CT molecular complexity index is 1280. The van der Waals surface area contributed by atoms with Gasteiger partial charge in [0.2, 0.25) is 17.6 Å². The van der Waals surface area contributed by atoms with Crippen LogP contribution in [0.5, 0.6) is 0 Å². The Balaban J connectivity index is 1.23. The predicted molar refractivity (Wildman–Crippen MR) is 174 cm³/mol. The molecule has 1 saturated heterocycles. The van der Waals surface area contributed by atoms with Gasteiger partial charge >= 0.3 is 6.03 Å². The van der Waals surface area contributed by atoms with Gasteiger partial charge in [-0.2, -0.15) is 0 Å².